The van der Waals surface area contributed by atoms with Crippen LogP contribution < -0.4 is 5.73 Å². The molecule has 1 aliphatic rings. The van der Waals surface area contributed by atoms with Gasteiger partial charge in [0.25, 0.3) is 0 Å². The Morgan fingerprint density at radius 1 is 1.53 bits per heavy atom. The van der Waals surface area contributed by atoms with E-state index in [1.54, 1.807) is 0 Å². The molecule has 1 fully saturated rings. The molecule has 2 N–H and O–H groups in total. The monoisotopic (exact) mass is 237 g/mol. The Hall–Kier alpha value is -0.870. The molecule has 0 spiro atoms. The molecule has 0 bridgehead atoms. The molecule has 0 aromatic carbocycles. The first-order valence-corrected chi connectivity index (χ1v) is 6.47. The van der Waals surface area contributed by atoms with Crippen molar-refractivity contribution in [2.45, 2.75) is 51.7 Å². The van der Waals surface area contributed by atoms with Gasteiger partial charge in [0.1, 0.15) is 0 Å². The standard InChI is InChI=1S/C13H23N3O/c1-9-13(10(2)16(3)15-9)12(14)7-6-11-5-4-8-17-11/h11-12H,4-8,14H2,1-3H3. The molecule has 2 rings (SSSR count). The Morgan fingerprint density at radius 3 is 2.82 bits per heavy atom. The Balaban J connectivity index is 1.96. The van der Waals surface area contributed by atoms with E-state index in [1.807, 2.05) is 18.7 Å². The summed E-state index contributed by atoms with van der Waals surface area (Å²) in [7, 11) is 1.97. The van der Waals surface area contributed by atoms with E-state index in [4.69, 9.17) is 10.5 Å². The summed E-state index contributed by atoms with van der Waals surface area (Å²) in [4.78, 5) is 0. The summed E-state index contributed by atoms with van der Waals surface area (Å²) in [5, 5.41) is 4.42. The fraction of sp³-hybridized carbons (Fsp3) is 0.769. The van der Waals surface area contributed by atoms with Crippen molar-refractivity contribution in [3.63, 3.8) is 0 Å². The lowest BCUT2D eigenvalue weighted by Gasteiger charge is -2.15. The molecule has 4 heteroatoms. The van der Waals surface area contributed by atoms with Crippen LogP contribution in [0.25, 0.3) is 0 Å². The molecule has 4 nitrogen and oxygen atoms in total. The highest BCUT2D eigenvalue weighted by Gasteiger charge is 2.20. The van der Waals surface area contributed by atoms with E-state index in [0.29, 0.717) is 6.10 Å². The van der Waals surface area contributed by atoms with Crippen molar-refractivity contribution in [2.24, 2.45) is 12.8 Å². The summed E-state index contributed by atoms with van der Waals surface area (Å²) in [6, 6.07) is 0.0906. The van der Waals surface area contributed by atoms with Crippen LogP contribution in [0.4, 0.5) is 0 Å². The van der Waals surface area contributed by atoms with Crippen LogP contribution in [0.1, 0.15) is 48.7 Å². The third kappa shape index (κ3) is 2.69. The highest BCUT2D eigenvalue weighted by molar-refractivity contribution is 5.27. The molecule has 0 radical (unpaired) electrons. The number of hydrogen-bond donors (Lipinski definition) is 1. The second kappa shape index (κ2) is 5.19. The third-order valence-corrected chi connectivity index (χ3v) is 3.76. The summed E-state index contributed by atoms with van der Waals surface area (Å²) in [5.41, 5.74) is 9.74. The molecule has 0 saturated carbocycles. The van der Waals surface area contributed by atoms with Crippen molar-refractivity contribution in [1.82, 2.24) is 9.78 Å². The van der Waals surface area contributed by atoms with Crippen LogP contribution in [0.5, 0.6) is 0 Å². The average Bonchev–Trinajstić information content (AvgIpc) is 2.86. The molecule has 1 aromatic rings. The first kappa shape index (κ1) is 12.6. The van der Waals surface area contributed by atoms with E-state index < -0.39 is 0 Å². The van der Waals surface area contributed by atoms with E-state index in [2.05, 4.69) is 12.0 Å². The van der Waals surface area contributed by atoms with Gasteiger partial charge in [-0.25, -0.2) is 0 Å². The molecule has 2 unspecified atom stereocenters. The topological polar surface area (TPSA) is 53.1 Å². The van der Waals surface area contributed by atoms with Crippen LogP contribution in [-0.4, -0.2) is 22.5 Å². The molecule has 1 aromatic heterocycles. The quantitative estimate of drug-likeness (QED) is 0.871. The number of nitrogens with two attached hydrogens (primary N) is 1. The van der Waals surface area contributed by atoms with Crippen LogP contribution in [0.15, 0.2) is 0 Å². The van der Waals surface area contributed by atoms with E-state index in [0.717, 1.165) is 25.1 Å². The molecular weight excluding hydrogens is 214 g/mol. The zero-order valence-corrected chi connectivity index (χ0v) is 11.1. The lowest BCUT2D eigenvalue weighted by molar-refractivity contribution is 0.101. The van der Waals surface area contributed by atoms with Crippen molar-refractivity contribution in [3.05, 3.63) is 17.0 Å². The number of hydrogen-bond acceptors (Lipinski definition) is 3. The normalized spacial score (nSPS) is 22.0. The first-order chi connectivity index (χ1) is 8.09. The second-order valence-electron chi connectivity index (χ2n) is 5.03. The molecule has 0 aliphatic carbocycles. The van der Waals surface area contributed by atoms with E-state index in [9.17, 15) is 0 Å². The highest BCUT2D eigenvalue weighted by atomic mass is 16.5. The van der Waals surface area contributed by atoms with Crippen LogP contribution >= 0.6 is 0 Å². The Labute approximate surface area is 103 Å². The van der Waals surface area contributed by atoms with Crippen molar-refractivity contribution in [3.8, 4) is 0 Å². The number of ether oxygens (including phenoxy) is 1. The molecule has 2 heterocycles. The van der Waals surface area contributed by atoms with Gasteiger partial charge in [0.2, 0.25) is 0 Å². The number of rotatable bonds is 4. The minimum absolute atomic E-state index is 0.0906. The van der Waals surface area contributed by atoms with Crippen LogP contribution in [0.2, 0.25) is 0 Å². The maximum Gasteiger partial charge on any atom is 0.0644 e. The van der Waals surface area contributed by atoms with Crippen molar-refractivity contribution in [2.75, 3.05) is 6.61 Å². The molecule has 1 saturated heterocycles. The van der Waals surface area contributed by atoms with Crippen LogP contribution in [0, 0.1) is 13.8 Å². The Bertz CT molecular complexity index is 380. The molecule has 1 aliphatic heterocycles. The van der Waals surface area contributed by atoms with Crippen molar-refractivity contribution in [1.29, 1.82) is 0 Å². The minimum atomic E-state index is 0.0906. The molecule has 2 atom stereocenters. The van der Waals surface area contributed by atoms with Gasteiger partial charge in [0.15, 0.2) is 0 Å². The molecule has 17 heavy (non-hydrogen) atoms. The van der Waals surface area contributed by atoms with Gasteiger partial charge in [-0.05, 0) is 39.5 Å². The third-order valence-electron chi connectivity index (χ3n) is 3.76. The first-order valence-electron chi connectivity index (χ1n) is 6.47. The van der Waals surface area contributed by atoms with Crippen molar-refractivity contribution >= 4 is 0 Å². The Morgan fingerprint density at radius 2 is 2.29 bits per heavy atom. The molecule has 96 valence electrons. The van der Waals surface area contributed by atoms with Gasteiger partial charge in [0, 0.05) is 31.0 Å². The van der Waals surface area contributed by atoms with E-state index in [1.165, 1.54) is 24.1 Å². The predicted molar refractivity (Wildman–Crippen MR) is 67.8 cm³/mol. The summed E-state index contributed by atoms with van der Waals surface area (Å²) in [5.74, 6) is 0. The Kier molecular flexibility index (Phi) is 3.84. The minimum Gasteiger partial charge on any atom is -0.378 e. The number of aryl methyl sites for hydroxylation is 2. The second-order valence-corrected chi connectivity index (χ2v) is 5.03. The van der Waals surface area contributed by atoms with Gasteiger partial charge in [0.05, 0.1) is 11.8 Å². The zero-order chi connectivity index (χ0) is 12.4. The van der Waals surface area contributed by atoms with Crippen LogP contribution in [-0.2, 0) is 11.8 Å². The highest BCUT2D eigenvalue weighted by Crippen LogP contribution is 2.26. The van der Waals surface area contributed by atoms with E-state index in [-0.39, 0.29) is 6.04 Å². The molecule has 0 amide bonds. The SMILES string of the molecule is Cc1nn(C)c(C)c1C(N)CCC1CCCO1. The summed E-state index contributed by atoms with van der Waals surface area (Å²) in [6.07, 6.45) is 4.87. The van der Waals surface area contributed by atoms with Gasteiger partial charge >= 0.3 is 0 Å². The van der Waals surface area contributed by atoms with Crippen LogP contribution in [0.3, 0.4) is 0 Å². The maximum absolute atomic E-state index is 6.28. The smallest absolute Gasteiger partial charge is 0.0644 e. The maximum atomic E-state index is 6.28. The van der Waals surface area contributed by atoms with Gasteiger partial charge < -0.3 is 10.5 Å². The van der Waals surface area contributed by atoms with Gasteiger partial charge in [-0.3, -0.25) is 4.68 Å². The summed E-state index contributed by atoms with van der Waals surface area (Å²) >= 11 is 0. The largest absolute Gasteiger partial charge is 0.378 e. The average molecular weight is 237 g/mol. The zero-order valence-electron chi connectivity index (χ0n) is 11.1. The fourth-order valence-corrected chi connectivity index (χ4v) is 2.71. The lowest BCUT2D eigenvalue weighted by atomic mass is 9.98. The predicted octanol–water partition coefficient (Wildman–Crippen LogP) is 2.00. The van der Waals surface area contributed by atoms with Gasteiger partial charge in [-0.1, -0.05) is 0 Å². The number of nitrogens with zero attached hydrogens (tertiary/aromatic N) is 2. The lowest BCUT2D eigenvalue weighted by Crippen LogP contribution is -2.16. The number of aromatic nitrogens is 2. The van der Waals surface area contributed by atoms with Crippen molar-refractivity contribution < 1.29 is 4.74 Å². The van der Waals surface area contributed by atoms with Gasteiger partial charge in [-0.2, -0.15) is 5.10 Å². The summed E-state index contributed by atoms with van der Waals surface area (Å²) < 4.78 is 7.54. The molecular formula is C13H23N3O. The van der Waals surface area contributed by atoms with E-state index >= 15 is 0 Å². The summed E-state index contributed by atoms with van der Waals surface area (Å²) in [6.45, 7) is 5.04. The van der Waals surface area contributed by atoms with Gasteiger partial charge in [-0.15, -0.1) is 0 Å². The fourth-order valence-electron chi connectivity index (χ4n) is 2.71.